The normalized spacial score (nSPS) is 13.3. The third kappa shape index (κ3) is 4.90. The van der Waals surface area contributed by atoms with E-state index in [1.807, 2.05) is 65.2 Å². The lowest BCUT2D eigenvalue weighted by Gasteiger charge is -2.12. The maximum Gasteiger partial charge on any atom is 0.335 e. The van der Waals surface area contributed by atoms with Gasteiger partial charge in [-0.3, -0.25) is 4.79 Å². The molecule has 6 rings (SSSR count). The van der Waals surface area contributed by atoms with Gasteiger partial charge in [-0.2, -0.15) is 0 Å². The van der Waals surface area contributed by atoms with E-state index in [1.165, 1.54) is 0 Å². The molecule has 39 heavy (non-hydrogen) atoms. The molecule has 4 aromatic carbocycles. The lowest BCUT2D eigenvalue weighted by Crippen LogP contribution is -2.22. The highest BCUT2D eigenvalue weighted by Gasteiger charge is 2.21. The second-order valence-electron chi connectivity index (χ2n) is 9.35. The number of hydrogen-bond acceptors (Lipinski definition) is 4. The van der Waals surface area contributed by atoms with Crippen LogP contribution in [0.2, 0.25) is 0 Å². The minimum atomic E-state index is -0.987. The highest BCUT2D eigenvalue weighted by Crippen LogP contribution is 2.37. The molecule has 192 valence electrons. The predicted octanol–water partition coefficient (Wildman–Crippen LogP) is 5.69. The third-order valence-corrected chi connectivity index (χ3v) is 6.88. The molecular weight excluding hydrogens is 490 g/mol. The van der Waals surface area contributed by atoms with Gasteiger partial charge >= 0.3 is 5.97 Å². The molecule has 0 radical (unpaired) electrons. The van der Waals surface area contributed by atoms with Crippen molar-refractivity contribution in [2.24, 2.45) is 0 Å². The molecule has 2 N–H and O–H groups in total. The summed E-state index contributed by atoms with van der Waals surface area (Å²) in [6.07, 6.45) is 3.82. The number of nitrogens with zero attached hydrogens (tertiary/aromatic N) is 2. The number of carboxylic acids is 1. The Bertz CT molecular complexity index is 1740. The molecule has 0 saturated carbocycles. The number of benzene rings is 4. The Labute approximate surface area is 225 Å². The van der Waals surface area contributed by atoms with Crippen molar-refractivity contribution in [3.05, 3.63) is 137 Å². The lowest BCUT2D eigenvalue weighted by atomic mass is 9.93. The van der Waals surface area contributed by atoms with Gasteiger partial charge in [0.25, 0.3) is 5.91 Å². The van der Waals surface area contributed by atoms with E-state index < -0.39 is 5.97 Å². The molecule has 1 amide bonds. The van der Waals surface area contributed by atoms with E-state index >= 15 is 0 Å². The predicted molar refractivity (Wildman–Crippen MR) is 149 cm³/mol. The number of ether oxygens (including phenoxy) is 1. The molecule has 0 atom stereocenters. The van der Waals surface area contributed by atoms with Crippen molar-refractivity contribution in [2.75, 3.05) is 0 Å². The number of aromatic nitrogens is 2. The maximum absolute atomic E-state index is 12.7. The molecule has 0 unspecified atom stereocenters. The number of imidazole rings is 1. The first-order valence-electron chi connectivity index (χ1n) is 12.6. The molecule has 1 aliphatic heterocycles. The van der Waals surface area contributed by atoms with Gasteiger partial charge < -0.3 is 19.7 Å². The minimum absolute atomic E-state index is 0.154. The fourth-order valence-corrected chi connectivity index (χ4v) is 4.85. The van der Waals surface area contributed by atoms with Gasteiger partial charge in [-0.25, -0.2) is 9.78 Å². The number of amides is 1. The number of aromatic carboxylic acids is 1. The van der Waals surface area contributed by atoms with Crippen LogP contribution in [0.4, 0.5) is 0 Å². The molecule has 7 heteroatoms. The largest absolute Gasteiger partial charge is 0.488 e. The number of nitrogens with one attached hydrogen (secondary N) is 1. The zero-order valence-corrected chi connectivity index (χ0v) is 21.0. The summed E-state index contributed by atoms with van der Waals surface area (Å²) in [5.41, 5.74) is 7.07. The van der Waals surface area contributed by atoms with Gasteiger partial charge in [0.2, 0.25) is 0 Å². The average molecular weight is 516 g/mol. The number of allylic oxidation sites excluding steroid dienone is 1. The van der Waals surface area contributed by atoms with Crippen molar-refractivity contribution in [2.45, 2.75) is 19.7 Å². The van der Waals surface area contributed by atoms with Crippen LogP contribution in [0.25, 0.3) is 16.6 Å². The number of hydrogen-bond donors (Lipinski definition) is 2. The smallest absolute Gasteiger partial charge is 0.335 e. The van der Waals surface area contributed by atoms with E-state index in [4.69, 9.17) is 4.74 Å². The minimum Gasteiger partial charge on any atom is -0.488 e. The Hall–Kier alpha value is -5.17. The first-order valence-corrected chi connectivity index (χ1v) is 12.6. The molecule has 1 aromatic heterocycles. The molecule has 1 aliphatic rings. The highest BCUT2D eigenvalue weighted by molar-refractivity contribution is 5.97. The van der Waals surface area contributed by atoms with Gasteiger partial charge in [-0.15, -0.1) is 0 Å². The van der Waals surface area contributed by atoms with E-state index in [2.05, 4.69) is 16.4 Å². The number of rotatable bonds is 6. The number of carbonyl (C=O) groups excluding carboxylic acids is 1. The second-order valence-corrected chi connectivity index (χ2v) is 9.35. The molecular formula is C32H25N3O4. The van der Waals surface area contributed by atoms with Crippen LogP contribution in [0.15, 0.2) is 103 Å². The fraction of sp³-hybridized carbons (Fsp3) is 0.0938. The average Bonchev–Trinajstić information content (AvgIpc) is 3.30. The number of fused-ring (bicyclic) bond motifs is 3. The van der Waals surface area contributed by atoms with Crippen molar-refractivity contribution in [3.8, 4) is 5.75 Å². The summed E-state index contributed by atoms with van der Waals surface area (Å²) in [6.45, 7) is 1.35. The molecule has 0 fully saturated rings. The Morgan fingerprint density at radius 1 is 0.923 bits per heavy atom. The van der Waals surface area contributed by atoms with Crippen molar-refractivity contribution in [3.63, 3.8) is 0 Å². The molecule has 0 aliphatic carbocycles. The molecule has 5 aromatic rings. The van der Waals surface area contributed by atoms with E-state index in [0.717, 1.165) is 38.9 Å². The lowest BCUT2D eigenvalue weighted by molar-refractivity contribution is 0.0696. The van der Waals surface area contributed by atoms with E-state index in [9.17, 15) is 14.7 Å². The SMILES string of the molecule is O=C(O)c1ccc2c(c1)/C(=C/Cn1cnc3cc(C(=O)NCc4ccccc4)ccc31)c1ccccc1CO2. The van der Waals surface area contributed by atoms with Crippen LogP contribution in [-0.4, -0.2) is 26.5 Å². The summed E-state index contributed by atoms with van der Waals surface area (Å²) in [7, 11) is 0. The number of carbonyl (C=O) groups is 2. The van der Waals surface area contributed by atoms with Gasteiger partial charge in [0.1, 0.15) is 12.4 Å². The zero-order valence-electron chi connectivity index (χ0n) is 21.0. The molecule has 0 spiro atoms. The van der Waals surface area contributed by atoms with Crippen LogP contribution in [0.3, 0.4) is 0 Å². The van der Waals surface area contributed by atoms with Gasteiger partial charge in [-0.05, 0) is 58.7 Å². The monoisotopic (exact) mass is 515 g/mol. The number of carboxylic acid groups (broad SMARTS) is 1. The van der Waals surface area contributed by atoms with Crippen LogP contribution < -0.4 is 10.1 Å². The summed E-state index contributed by atoms with van der Waals surface area (Å²) in [4.78, 5) is 29.0. The van der Waals surface area contributed by atoms with Crippen LogP contribution in [0.5, 0.6) is 5.75 Å². The van der Waals surface area contributed by atoms with Crippen LogP contribution in [-0.2, 0) is 19.7 Å². The molecule has 2 heterocycles. The Balaban J connectivity index is 1.30. The van der Waals surface area contributed by atoms with Crippen molar-refractivity contribution < 1.29 is 19.4 Å². The van der Waals surface area contributed by atoms with E-state index in [1.54, 1.807) is 36.7 Å². The van der Waals surface area contributed by atoms with E-state index in [0.29, 0.717) is 31.0 Å². The second kappa shape index (κ2) is 10.3. The summed E-state index contributed by atoms with van der Waals surface area (Å²) in [6, 6.07) is 28.2. The summed E-state index contributed by atoms with van der Waals surface area (Å²) >= 11 is 0. The van der Waals surface area contributed by atoms with Gasteiger partial charge in [0, 0.05) is 24.2 Å². The first kappa shape index (κ1) is 24.2. The summed E-state index contributed by atoms with van der Waals surface area (Å²) in [5.74, 6) is -0.499. The first-order chi connectivity index (χ1) is 19.1. The Kier molecular flexibility index (Phi) is 6.39. The Morgan fingerprint density at radius 3 is 2.56 bits per heavy atom. The van der Waals surface area contributed by atoms with Gasteiger partial charge in [-0.1, -0.05) is 60.7 Å². The maximum atomic E-state index is 12.7. The van der Waals surface area contributed by atoms with Crippen LogP contribution >= 0.6 is 0 Å². The topological polar surface area (TPSA) is 93.5 Å². The Morgan fingerprint density at radius 2 is 1.72 bits per heavy atom. The van der Waals surface area contributed by atoms with Gasteiger partial charge in [0.05, 0.1) is 22.9 Å². The summed E-state index contributed by atoms with van der Waals surface area (Å²) < 4.78 is 8.04. The van der Waals surface area contributed by atoms with Crippen molar-refractivity contribution in [1.29, 1.82) is 0 Å². The van der Waals surface area contributed by atoms with Crippen molar-refractivity contribution >= 4 is 28.5 Å². The standard InChI is InChI=1S/C32H25N3O4/c36-31(33-18-21-6-2-1-3-7-21)22-10-12-29-28(17-22)34-20-35(29)15-14-26-25-9-5-4-8-24(25)19-39-30-13-11-23(32(37)38)16-27(26)30/h1-14,16-17,20H,15,18-19H2,(H,33,36)(H,37,38)/b26-14+. The van der Waals surface area contributed by atoms with Crippen LogP contribution in [0.1, 0.15) is 43.0 Å². The quantitative estimate of drug-likeness (QED) is 0.303. The van der Waals surface area contributed by atoms with Crippen molar-refractivity contribution in [1.82, 2.24) is 14.9 Å². The highest BCUT2D eigenvalue weighted by atomic mass is 16.5. The fourth-order valence-electron chi connectivity index (χ4n) is 4.85. The molecule has 7 nitrogen and oxygen atoms in total. The zero-order chi connectivity index (χ0) is 26.8. The van der Waals surface area contributed by atoms with Gasteiger partial charge in [0.15, 0.2) is 0 Å². The van der Waals surface area contributed by atoms with Crippen LogP contribution in [0, 0.1) is 0 Å². The molecule has 0 bridgehead atoms. The third-order valence-electron chi connectivity index (χ3n) is 6.88. The van der Waals surface area contributed by atoms with E-state index in [-0.39, 0.29) is 11.5 Å². The molecule has 0 saturated heterocycles. The summed E-state index contributed by atoms with van der Waals surface area (Å²) in [5, 5.41) is 12.5.